The first-order valence-corrected chi connectivity index (χ1v) is 12.0. The molecule has 7 heteroatoms. The molecule has 0 spiro atoms. The van der Waals surface area contributed by atoms with E-state index in [0.717, 1.165) is 20.8 Å². The number of benzene rings is 3. The number of amides is 2. The summed E-state index contributed by atoms with van der Waals surface area (Å²) in [4.78, 5) is 27.9. The molecule has 2 amide bonds. The predicted molar refractivity (Wildman–Crippen MR) is 136 cm³/mol. The molecule has 0 aliphatic rings. The fourth-order valence-electron chi connectivity index (χ4n) is 3.71. The Bertz CT molecular complexity index is 1160. The van der Waals surface area contributed by atoms with E-state index in [9.17, 15) is 14.0 Å². The average molecular weight is 529 g/mol. The quantitative estimate of drug-likeness (QED) is 0.399. The van der Waals surface area contributed by atoms with Crippen LogP contribution >= 0.6 is 15.9 Å². The molecular formula is C27H30BrFN2O3. The molecule has 0 bridgehead atoms. The highest BCUT2D eigenvalue weighted by Crippen LogP contribution is 2.33. The first kappa shape index (κ1) is 25.7. The van der Waals surface area contributed by atoms with Crippen LogP contribution in [0.1, 0.15) is 39.7 Å². The summed E-state index contributed by atoms with van der Waals surface area (Å²) < 4.78 is 20.1. The number of carbonyl (C=O) groups excluding carboxylic acids is 2. The van der Waals surface area contributed by atoms with Crippen LogP contribution in [0.4, 0.5) is 4.39 Å². The van der Waals surface area contributed by atoms with Crippen LogP contribution in [0, 0.1) is 5.82 Å². The number of hydrogen-bond acceptors (Lipinski definition) is 3. The van der Waals surface area contributed by atoms with E-state index in [0.29, 0.717) is 12.2 Å². The van der Waals surface area contributed by atoms with Gasteiger partial charge in [-0.25, -0.2) is 4.39 Å². The van der Waals surface area contributed by atoms with Crippen molar-refractivity contribution in [2.24, 2.45) is 0 Å². The lowest BCUT2D eigenvalue weighted by atomic mass is 10.1. The molecule has 1 N–H and O–H groups in total. The van der Waals surface area contributed by atoms with Gasteiger partial charge < -0.3 is 15.0 Å². The highest BCUT2D eigenvalue weighted by molar-refractivity contribution is 9.10. The van der Waals surface area contributed by atoms with Gasteiger partial charge in [0.1, 0.15) is 17.6 Å². The van der Waals surface area contributed by atoms with E-state index in [2.05, 4.69) is 21.2 Å². The maximum absolute atomic E-state index is 13.4. The van der Waals surface area contributed by atoms with Crippen LogP contribution in [-0.2, 0) is 16.1 Å². The molecule has 3 aromatic carbocycles. The minimum atomic E-state index is -0.694. The van der Waals surface area contributed by atoms with Crippen LogP contribution in [0.2, 0.25) is 0 Å². The molecule has 5 nitrogen and oxygen atoms in total. The molecule has 180 valence electrons. The van der Waals surface area contributed by atoms with E-state index >= 15 is 0 Å². The van der Waals surface area contributed by atoms with Crippen LogP contribution in [0.25, 0.3) is 10.8 Å². The van der Waals surface area contributed by atoms with Crippen molar-refractivity contribution < 1.29 is 18.7 Å². The lowest BCUT2D eigenvalue weighted by Gasteiger charge is -2.33. The van der Waals surface area contributed by atoms with Gasteiger partial charge in [-0.1, -0.05) is 49.4 Å². The number of hydrogen-bond donors (Lipinski definition) is 1. The van der Waals surface area contributed by atoms with Crippen LogP contribution in [-0.4, -0.2) is 34.9 Å². The first-order chi connectivity index (χ1) is 16.1. The number of carbonyl (C=O) groups is 2. The molecule has 0 fully saturated rings. The van der Waals surface area contributed by atoms with Gasteiger partial charge in [-0.2, -0.15) is 0 Å². The molecule has 0 saturated carbocycles. The molecule has 0 aromatic heterocycles. The summed E-state index contributed by atoms with van der Waals surface area (Å²) in [7, 11) is 0. The van der Waals surface area contributed by atoms with E-state index in [-0.39, 0.29) is 30.8 Å². The van der Waals surface area contributed by atoms with Crippen molar-refractivity contribution in [2.75, 3.05) is 6.61 Å². The molecule has 0 aliphatic heterocycles. The molecular weight excluding hydrogens is 499 g/mol. The largest absolute Gasteiger partial charge is 0.483 e. The van der Waals surface area contributed by atoms with Gasteiger partial charge in [0.25, 0.3) is 5.91 Å². The monoisotopic (exact) mass is 528 g/mol. The third-order valence-corrected chi connectivity index (χ3v) is 6.15. The summed E-state index contributed by atoms with van der Waals surface area (Å²) in [5.74, 6) is -0.387. The molecule has 3 aromatic rings. The number of ether oxygens (including phenoxy) is 1. The van der Waals surface area contributed by atoms with Gasteiger partial charge in [0.2, 0.25) is 5.91 Å². The molecule has 0 aliphatic carbocycles. The van der Waals surface area contributed by atoms with E-state index in [1.165, 1.54) is 17.0 Å². The topological polar surface area (TPSA) is 58.6 Å². The fraction of sp³-hybridized carbons (Fsp3) is 0.333. The predicted octanol–water partition coefficient (Wildman–Crippen LogP) is 5.84. The first-order valence-electron chi connectivity index (χ1n) is 11.2. The molecule has 0 radical (unpaired) electrons. The molecule has 1 atom stereocenters. The van der Waals surface area contributed by atoms with Crippen LogP contribution in [0.15, 0.2) is 65.1 Å². The van der Waals surface area contributed by atoms with Gasteiger partial charge in [0.15, 0.2) is 6.61 Å². The Morgan fingerprint density at radius 1 is 1.06 bits per heavy atom. The highest BCUT2D eigenvalue weighted by atomic mass is 79.9. The van der Waals surface area contributed by atoms with Crippen molar-refractivity contribution in [3.05, 3.63) is 76.5 Å². The Hall–Kier alpha value is -2.93. The summed E-state index contributed by atoms with van der Waals surface area (Å²) in [5.41, 5.74) is 0.283. The Labute approximate surface area is 208 Å². The number of nitrogens with one attached hydrogen (secondary N) is 1. The van der Waals surface area contributed by atoms with Crippen molar-refractivity contribution in [1.82, 2.24) is 10.2 Å². The number of rotatable bonds is 8. The summed E-state index contributed by atoms with van der Waals surface area (Å²) >= 11 is 3.58. The Balaban J connectivity index is 1.84. The number of halogens is 2. The van der Waals surface area contributed by atoms with Gasteiger partial charge in [-0.05, 0) is 77.7 Å². The van der Waals surface area contributed by atoms with E-state index in [4.69, 9.17) is 4.74 Å². The van der Waals surface area contributed by atoms with E-state index in [1.807, 2.05) is 64.1 Å². The van der Waals surface area contributed by atoms with Gasteiger partial charge in [-0.3, -0.25) is 9.59 Å². The zero-order valence-corrected chi connectivity index (χ0v) is 21.5. The molecule has 0 heterocycles. The second-order valence-electron chi connectivity index (χ2n) is 9.20. The van der Waals surface area contributed by atoms with Gasteiger partial charge >= 0.3 is 0 Å². The zero-order valence-electron chi connectivity index (χ0n) is 19.9. The van der Waals surface area contributed by atoms with Crippen molar-refractivity contribution in [3.8, 4) is 5.75 Å². The fourth-order valence-corrected chi connectivity index (χ4v) is 4.31. The normalized spacial score (nSPS) is 12.3. The standard InChI is InChI=1S/C27H30BrFN2O3/c1-5-22(26(33)30-27(2,3)4)31(16-18-10-13-20(29)14-11-18)24(32)17-34-23-15-12-19-8-6-7-9-21(19)25(23)28/h6-15,22H,5,16-17H2,1-4H3,(H,30,33)/t22-/m0/s1. The summed E-state index contributed by atoms with van der Waals surface area (Å²) in [6.07, 6.45) is 0.425. The van der Waals surface area contributed by atoms with Crippen molar-refractivity contribution in [1.29, 1.82) is 0 Å². The molecule has 0 saturated heterocycles. The second-order valence-corrected chi connectivity index (χ2v) is 9.99. The van der Waals surface area contributed by atoms with E-state index in [1.54, 1.807) is 12.1 Å². The van der Waals surface area contributed by atoms with Crippen LogP contribution < -0.4 is 10.1 Å². The Morgan fingerprint density at radius 2 is 1.74 bits per heavy atom. The molecule has 0 unspecified atom stereocenters. The van der Waals surface area contributed by atoms with Crippen molar-refractivity contribution >= 4 is 38.5 Å². The summed E-state index contributed by atoms with van der Waals surface area (Å²) in [5, 5.41) is 4.99. The summed E-state index contributed by atoms with van der Waals surface area (Å²) in [6.45, 7) is 7.46. The van der Waals surface area contributed by atoms with Gasteiger partial charge in [0.05, 0.1) is 4.47 Å². The second kappa shape index (κ2) is 11.0. The van der Waals surface area contributed by atoms with Gasteiger partial charge in [0, 0.05) is 12.1 Å². The lowest BCUT2D eigenvalue weighted by Crippen LogP contribution is -2.54. The maximum Gasteiger partial charge on any atom is 0.261 e. The highest BCUT2D eigenvalue weighted by Gasteiger charge is 2.31. The number of fused-ring (bicyclic) bond motifs is 1. The minimum Gasteiger partial charge on any atom is -0.483 e. The Morgan fingerprint density at radius 3 is 2.38 bits per heavy atom. The third kappa shape index (κ3) is 6.56. The molecule has 3 rings (SSSR count). The van der Waals surface area contributed by atoms with Gasteiger partial charge in [-0.15, -0.1) is 0 Å². The molecule has 34 heavy (non-hydrogen) atoms. The third-order valence-electron chi connectivity index (χ3n) is 5.33. The zero-order chi connectivity index (χ0) is 24.9. The number of nitrogens with zero attached hydrogens (tertiary/aromatic N) is 1. The van der Waals surface area contributed by atoms with Crippen LogP contribution in [0.5, 0.6) is 5.75 Å². The van der Waals surface area contributed by atoms with Crippen molar-refractivity contribution in [3.63, 3.8) is 0 Å². The average Bonchev–Trinajstić information content (AvgIpc) is 2.78. The lowest BCUT2D eigenvalue weighted by molar-refractivity contribution is -0.143. The smallest absolute Gasteiger partial charge is 0.261 e. The van der Waals surface area contributed by atoms with E-state index < -0.39 is 11.6 Å². The SMILES string of the molecule is CC[C@@H](C(=O)NC(C)(C)C)N(Cc1ccc(F)cc1)C(=O)COc1ccc2ccccc2c1Br. The Kier molecular flexibility index (Phi) is 8.31. The minimum absolute atomic E-state index is 0.164. The van der Waals surface area contributed by atoms with Crippen molar-refractivity contribution in [2.45, 2.75) is 52.2 Å². The van der Waals surface area contributed by atoms with Crippen LogP contribution in [0.3, 0.4) is 0 Å². The summed E-state index contributed by atoms with van der Waals surface area (Å²) in [6, 6.07) is 16.8. The maximum atomic E-state index is 13.4.